The second-order valence-corrected chi connectivity index (χ2v) is 15.5. The summed E-state index contributed by atoms with van der Waals surface area (Å²) in [5.74, 6) is -2.77. The Morgan fingerprint density at radius 1 is 0.870 bits per heavy atom. The molecule has 46 heavy (non-hydrogen) atoms. The second kappa shape index (κ2) is 15.8. The molecule has 11 heteroatoms. The Labute approximate surface area is 275 Å². The summed E-state index contributed by atoms with van der Waals surface area (Å²) in [7, 11) is -0.613. The third kappa shape index (κ3) is 10.2. The maximum atomic E-state index is 14.1. The fraction of sp³-hybridized carbons (Fsp3) is 0.514. The van der Waals surface area contributed by atoms with Crippen LogP contribution in [0.4, 0.5) is 0 Å². The molecule has 0 spiro atoms. The third-order valence-corrected chi connectivity index (χ3v) is 9.43. The van der Waals surface area contributed by atoms with E-state index in [0.29, 0.717) is 17.8 Å². The van der Waals surface area contributed by atoms with Crippen LogP contribution in [0.1, 0.15) is 72.1 Å². The number of benzene rings is 2. The van der Waals surface area contributed by atoms with Gasteiger partial charge in [0.2, 0.25) is 27.7 Å². The Morgan fingerprint density at radius 3 is 1.91 bits per heavy atom. The predicted molar refractivity (Wildman–Crippen MR) is 184 cm³/mol. The highest BCUT2D eigenvalue weighted by atomic mass is 32.2. The fourth-order valence-electron chi connectivity index (χ4n) is 5.35. The molecule has 2 rings (SSSR count). The van der Waals surface area contributed by atoms with E-state index in [-0.39, 0.29) is 23.5 Å². The summed E-state index contributed by atoms with van der Waals surface area (Å²) in [5, 5.41) is 6.15. The molecule has 10 nitrogen and oxygen atoms in total. The number of amides is 3. The second-order valence-electron chi connectivity index (χ2n) is 13.8. The smallest absolute Gasteiger partial charge is 0.249 e. The highest BCUT2D eigenvalue weighted by Crippen LogP contribution is 2.30. The van der Waals surface area contributed by atoms with E-state index in [0.717, 1.165) is 11.1 Å². The third-order valence-electron chi connectivity index (χ3n) is 8.21. The topological polar surface area (TPSA) is 151 Å². The normalized spacial score (nSPS) is 14.7. The van der Waals surface area contributed by atoms with Crippen LogP contribution < -0.4 is 21.1 Å². The van der Waals surface area contributed by atoms with Gasteiger partial charge in [0, 0.05) is 24.7 Å². The molecule has 0 saturated carbocycles. The molecule has 3 amide bonds. The highest BCUT2D eigenvalue weighted by molar-refractivity contribution is 7.89. The fourth-order valence-corrected chi connectivity index (χ4v) is 6.55. The van der Waals surface area contributed by atoms with E-state index >= 15 is 0 Å². The van der Waals surface area contributed by atoms with Crippen LogP contribution in [0.15, 0.2) is 66.4 Å². The molecule has 0 aliphatic heterocycles. The quantitative estimate of drug-likeness (QED) is 0.242. The molecule has 2 aromatic carbocycles. The standard InChI is InChI=1S/C35H53N5O5S/c1-23(2)28(20-24(3)31(41)39-46(44,45)22-26-14-12-11-13-15-26)40(10)33(43)30(34(4,5)6)38-32(42)29(37-9)35(7,8)27-18-16-25(21-36)17-19-27/h11-20,23-24,29-30,37H,21-22,36H2,1-10H3,(H,38,42)(H,39,41)/b28-20+/t24?,29-,30-/m1/s1. The summed E-state index contributed by atoms with van der Waals surface area (Å²) in [6, 6.07) is 14.8. The lowest BCUT2D eigenvalue weighted by Crippen LogP contribution is -2.60. The number of nitrogens with one attached hydrogen (secondary N) is 3. The van der Waals surface area contributed by atoms with Gasteiger partial charge in [0.05, 0.1) is 17.7 Å². The van der Waals surface area contributed by atoms with E-state index in [1.165, 1.54) is 4.90 Å². The minimum atomic E-state index is -3.93. The molecule has 0 bridgehead atoms. The number of hydrogen-bond donors (Lipinski definition) is 4. The van der Waals surface area contributed by atoms with E-state index in [2.05, 4.69) is 15.4 Å². The summed E-state index contributed by atoms with van der Waals surface area (Å²) in [5.41, 5.74) is 7.49. The Kier molecular flexibility index (Phi) is 13.3. The lowest BCUT2D eigenvalue weighted by molar-refractivity contribution is -0.138. The van der Waals surface area contributed by atoms with Crippen molar-refractivity contribution in [2.24, 2.45) is 23.0 Å². The number of allylic oxidation sites excluding steroid dienone is 1. The van der Waals surface area contributed by atoms with Gasteiger partial charge in [0.25, 0.3) is 0 Å². The Hall–Kier alpha value is -3.54. The molecule has 0 radical (unpaired) electrons. The zero-order valence-electron chi connectivity index (χ0n) is 29.0. The first kappa shape index (κ1) is 38.6. The van der Waals surface area contributed by atoms with Crippen molar-refractivity contribution in [3.05, 3.63) is 83.1 Å². The van der Waals surface area contributed by atoms with Gasteiger partial charge < -0.3 is 21.3 Å². The number of sulfonamides is 1. The van der Waals surface area contributed by atoms with Crippen LogP contribution in [0, 0.1) is 17.3 Å². The summed E-state index contributed by atoms with van der Waals surface area (Å²) >= 11 is 0. The largest absolute Gasteiger partial charge is 0.342 e. The number of rotatable bonds is 14. The van der Waals surface area contributed by atoms with Gasteiger partial charge in [-0.1, -0.05) is 109 Å². The molecule has 0 aliphatic carbocycles. The first-order valence-electron chi connectivity index (χ1n) is 15.6. The van der Waals surface area contributed by atoms with Gasteiger partial charge in [-0.2, -0.15) is 0 Å². The molecule has 2 aromatic rings. The highest BCUT2D eigenvalue weighted by Gasteiger charge is 2.41. The van der Waals surface area contributed by atoms with Crippen molar-refractivity contribution in [2.45, 2.75) is 85.2 Å². The first-order chi connectivity index (χ1) is 21.2. The average Bonchev–Trinajstić information content (AvgIpc) is 2.97. The first-order valence-corrected chi connectivity index (χ1v) is 17.2. The maximum Gasteiger partial charge on any atom is 0.249 e. The Balaban J connectivity index is 2.30. The van der Waals surface area contributed by atoms with Gasteiger partial charge in [-0.05, 0) is 42.0 Å². The lowest BCUT2D eigenvalue weighted by atomic mass is 9.76. The van der Waals surface area contributed by atoms with Gasteiger partial charge in [0.1, 0.15) is 6.04 Å². The van der Waals surface area contributed by atoms with Crippen molar-refractivity contribution in [1.82, 2.24) is 20.3 Å². The molecule has 1 unspecified atom stereocenters. The van der Waals surface area contributed by atoms with Crippen LogP contribution in [0.3, 0.4) is 0 Å². The van der Waals surface area contributed by atoms with Crippen molar-refractivity contribution >= 4 is 27.7 Å². The number of carbonyl (C=O) groups excluding carboxylic acids is 3. The zero-order chi connectivity index (χ0) is 35.0. The van der Waals surface area contributed by atoms with Gasteiger partial charge in [-0.15, -0.1) is 0 Å². The molecule has 0 saturated heterocycles. The van der Waals surface area contributed by atoms with Gasteiger partial charge in [-0.3, -0.25) is 19.1 Å². The summed E-state index contributed by atoms with van der Waals surface area (Å²) < 4.78 is 27.5. The lowest BCUT2D eigenvalue weighted by Gasteiger charge is -2.39. The summed E-state index contributed by atoms with van der Waals surface area (Å²) in [4.78, 5) is 42.4. The number of nitrogens with zero attached hydrogens (tertiary/aromatic N) is 1. The molecule has 254 valence electrons. The minimum Gasteiger partial charge on any atom is -0.342 e. The predicted octanol–water partition coefficient (Wildman–Crippen LogP) is 3.82. The van der Waals surface area contributed by atoms with Gasteiger partial charge >= 0.3 is 0 Å². The van der Waals surface area contributed by atoms with Crippen LogP contribution in [-0.4, -0.2) is 57.2 Å². The Bertz CT molecular complexity index is 1480. The van der Waals surface area contributed by atoms with Crippen LogP contribution >= 0.6 is 0 Å². The molecule has 5 N–H and O–H groups in total. The SMILES string of the molecule is CN[C@H](C(=O)N[C@H](C(=O)N(C)/C(=C/C(C)C(=O)NS(=O)(=O)Cc1ccccc1)C(C)C)C(C)(C)C)C(C)(C)c1ccc(CN)cc1. The van der Waals surface area contributed by atoms with Crippen molar-refractivity contribution in [3.63, 3.8) is 0 Å². The molecular formula is C35H53N5O5S. The van der Waals surface area contributed by atoms with Crippen molar-refractivity contribution in [2.75, 3.05) is 14.1 Å². The minimum absolute atomic E-state index is 0.193. The molecule has 0 aromatic heterocycles. The van der Waals surface area contributed by atoms with Crippen LogP contribution in [0.5, 0.6) is 0 Å². The van der Waals surface area contributed by atoms with E-state index in [9.17, 15) is 22.8 Å². The summed E-state index contributed by atoms with van der Waals surface area (Å²) in [6.07, 6.45) is 1.60. The zero-order valence-corrected chi connectivity index (χ0v) is 29.8. The van der Waals surface area contributed by atoms with Crippen molar-refractivity contribution in [3.8, 4) is 0 Å². The van der Waals surface area contributed by atoms with Gasteiger partial charge in [-0.25, -0.2) is 8.42 Å². The van der Waals surface area contributed by atoms with E-state index in [1.54, 1.807) is 57.4 Å². The van der Waals surface area contributed by atoms with Crippen molar-refractivity contribution in [1.29, 1.82) is 0 Å². The maximum absolute atomic E-state index is 14.1. The average molecular weight is 656 g/mol. The van der Waals surface area contributed by atoms with Gasteiger partial charge in [0.15, 0.2) is 0 Å². The van der Waals surface area contributed by atoms with E-state index in [4.69, 9.17) is 5.73 Å². The number of carbonyl (C=O) groups is 3. The monoisotopic (exact) mass is 655 g/mol. The molecule has 0 heterocycles. The molecule has 0 fully saturated rings. The number of likely N-dealkylation sites (N-methyl/N-ethyl adjacent to an activating group) is 2. The number of nitrogens with two attached hydrogens (primary N) is 1. The van der Waals surface area contributed by atoms with Crippen LogP contribution in [0.2, 0.25) is 0 Å². The number of hydrogen-bond acceptors (Lipinski definition) is 7. The molecule has 3 atom stereocenters. The Morgan fingerprint density at radius 2 is 1.43 bits per heavy atom. The summed E-state index contributed by atoms with van der Waals surface area (Å²) in [6.45, 7) is 15.3. The van der Waals surface area contributed by atoms with E-state index < -0.39 is 44.8 Å². The van der Waals surface area contributed by atoms with Crippen LogP contribution in [0.25, 0.3) is 0 Å². The van der Waals surface area contributed by atoms with Crippen molar-refractivity contribution < 1.29 is 22.8 Å². The molecular weight excluding hydrogens is 602 g/mol. The molecule has 0 aliphatic rings. The van der Waals surface area contributed by atoms with Crippen LogP contribution in [-0.2, 0) is 42.1 Å². The van der Waals surface area contributed by atoms with E-state index in [1.807, 2.05) is 72.7 Å².